The van der Waals surface area contributed by atoms with Gasteiger partial charge in [-0.1, -0.05) is 32.0 Å². The Morgan fingerprint density at radius 3 is 2.24 bits per heavy atom. The summed E-state index contributed by atoms with van der Waals surface area (Å²) in [6.07, 6.45) is -1.88. The molecule has 8 N–H and O–H groups in total. The van der Waals surface area contributed by atoms with Gasteiger partial charge in [0.2, 0.25) is 5.91 Å². The number of nitrogens with two attached hydrogens (primary N) is 2. The van der Waals surface area contributed by atoms with Crippen LogP contribution in [0, 0.1) is 11.3 Å². The van der Waals surface area contributed by atoms with Crippen LogP contribution in [0.4, 0.5) is 9.59 Å². The van der Waals surface area contributed by atoms with Crippen molar-refractivity contribution in [2.24, 2.45) is 17.4 Å². The number of Topliss-reactive ketones (excluding diaryl/α,β-unsaturated/α-hetero) is 1. The van der Waals surface area contributed by atoms with Crippen LogP contribution in [-0.2, 0) is 19.1 Å². The highest BCUT2D eigenvalue weighted by Crippen LogP contribution is 2.14. The number of rotatable bonds is 14. The number of aliphatic hydroxyl groups excluding tert-OH is 1. The predicted octanol–water partition coefficient (Wildman–Crippen LogP) is -0.127. The Balaban J connectivity index is 3.11. The molecule has 0 heterocycles. The summed E-state index contributed by atoms with van der Waals surface area (Å²) in [7, 11) is 0. The molecule has 0 radical (unpaired) electrons. The minimum absolute atomic E-state index is 0.0268. The molecule has 38 heavy (non-hydrogen) atoms. The summed E-state index contributed by atoms with van der Waals surface area (Å²) in [4.78, 5) is 62.8. The number of amides is 3. The minimum atomic E-state index is -1.80. The number of nitrogens with one attached hydrogen (secondary N) is 3. The molecular weight excluding hydrogens is 500 g/mol. The van der Waals surface area contributed by atoms with E-state index in [0.29, 0.717) is 11.2 Å². The third-order valence-electron chi connectivity index (χ3n) is 5.09. The summed E-state index contributed by atoms with van der Waals surface area (Å²) in [5.41, 5.74) is 10.9. The van der Waals surface area contributed by atoms with Crippen molar-refractivity contribution in [2.75, 3.05) is 13.2 Å². The van der Waals surface area contributed by atoms with Crippen LogP contribution < -0.4 is 26.8 Å². The van der Waals surface area contributed by atoms with Gasteiger partial charge in [-0.3, -0.25) is 15.0 Å². The van der Waals surface area contributed by atoms with Crippen LogP contribution in [0.25, 0.3) is 0 Å². The average molecular weight is 537 g/mol. The number of guanidine groups is 1. The van der Waals surface area contributed by atoms with Gasteiger partial charge < -0.3 is 41.5 Å². The van der Waals surface area contributed by atoms with Gasteiger partial charge in [0, 0.05) is 0 Å². The van der Waals surface area contributed by atoms with E-state index in [1.54, 1.807) is 32.0 Å². The molecule has 1 aromatic carbocycles. The summed E-state index contributed by atoms with van der Waals surface area (Å²) in [6, 6.07) is 2.80. The Morgan fingerprint density at radius 1 is 1.08 bits per heavy atom. The normalized spacial score (nSPS) is 13.8. The fourth-order valence-electron chi connectivity index (χ4n) is 3.14. The minimum Gasteiger partial charge on any atom is -0.449 e. The number of nitrogens with zero attached hydrogens (tertiary/aromatic N) is 1. The molecule has 1 rings (SSSR count). The molecule has 0 aliphatic carbocycles. The monoisotopic (exact) mass is 536 g/mol. The number of aldehydes is 1. The molecule has 0 bridgehead atoms. The van der Waals surface area contributed by atoms with Gasteiger partial charge in [-0.05, 0) is 37.8 Å². The molecule has 0 aliphatic rings. The van der Waals surface area contributed by atoms with Gasteiger partial charge in [-0.2, -0.15) is 4.90 Å². The van der Waals surface area contributed by atoms with Gasteiger partial charge in [0.25, 0.3) is 0 Å². The van der Waals surface area contributed by atoms with Crippen molar-refractivity contribution in [3.8, 4) is 5.75 Å². The Bertz CT molecular complexity index is 974. The van der Waals surface area contributed by atoms with E-state index in [0.717, 1.165) is 0 Å². The fourth-order valence-corrected chi connectivity index (χ4v) is 3.14. The number of hydrogen-bond donors (Lipinski definition) is 6. The predicted molar refractivity (Wildman–Crippen MR) is 136 cm³/mol. The number of carbonyl (C=O) groups excluding carboxylic acids is 5. The number of carbonyl (C=O) groups is 5. The average Bonchev–Trinajstić information content (AvgIpc) is 2.87. The third-order valence-corrected chi connectivity index (χ3v) is 5.09. The van der Waals surface area contributed by atoms with Crippen molar-refractivity contribution in [1.82, 2.24) is 15.5 Å². The Labute approximate surface area is 220 Å². The summed E-state index contributed by atoms with van der Waals surface area (Å²) < 4.78 is 10.3. The zero-order valence-electron chi connectivity index (χ0n) is 21.6. The second kappa shape index (κ2) is 15.9. The molecule has 14 nitrogen and oxygen atoms in total. The number of ketones is 1. The van der Waals surface area contributed by atoms with E-state index in [1.165, 1.54) is 19.1 Å². The van der Waals surface area contributed by atoms with Crippen molar-refractivity contribution in [1.29, 1.82) is 5.41 Å². The molecule has 210 valence electrons. The van der Waals surface area contributed by atoms with Crippen molar-refractivity contribution >= 4 is 36.1 Å². The second-order valence-electron chi connectivity index (χ2n) is 8.84. The number of hydrogen-bond acceptors (Lipinski definition) is 10. The van der Waals surface area contributed by atoms with Crippen LogP contribution in [0.1, 0.15) is 33.6 Å². The second-order valence-corrected chi connectivity index (χ2v) is 8.84. The molecule has 0 saturated heterocycles. The molecule has 0 saturated carbocycles. The summed E-state index contributed by atoms with van der Waals surface area (Å²) in [5.74, 6) is -2.21. The molecule has 4 atom stereocenters. The Hall–Kier alpha value is -4.04. The van der Waals surface area contributed by atoms with Gasteiger partial charge in [-0.15, -0.1) is 0 Å². The quantitative estimate of drug-likeness (QED) is 0.104. The van der Waals surface area contributed by atoms with Crippen LogP contribution in [0.2, 0.25) is 0 Å². The number of aliphatic hydroxyl groups is 1. The standard InChI is InChI=1S/C24H36N6O8/c1-14(2)13-37-23(35)30(24(36)38-17-7-5-4-6-8-17)19(12-32)21(34)28-15(3)20(33)18(29-22(26)27)10-9-16(25)11-31/h4-8,11,14-16,18-19,32H,9-10,12-13,25H2,1-3H3,(H,28,34)(H4,26,27,29)/t15-,16-,18?,19-/m0/s1. The number of imide groups is 1. The zero-order valence-corrected chi connectivity index (χ0v) is 21.6. The summed E-state index contributed by atoms with van der Waals surface area (Å²) in [5, 5.41) is 22.2. The maximum Gasteiger partial charge on any atom is 0.425 e. The fraction of sp³-hybridized carbons (Fsp3) is 0.500. The van der Waals surface area contributed by atoms with Crippen LogP contribution in [0.5, 0.6) is 5.75 Å². The molecule has 1 aromatic rings. The van der Waals surface area contributed by atoms with Crippen molar-refractivity contribution in [3.05, 3.63) is 30.3 Å². The van der Waals surface area contributed by atoms with Gasteiger partial charge in [0.05, 0.1) is 31.3 Å². The highest BCUT2D eigenvalue weighted by molar-refractivity contribution is 5.99. The lowest BCUT2D eigenvalue weighted by molar-refractivity contribution is -0.131. The first-order chi connectivity index (χ1) is 17.9. The van der Waals surface area contributed by atoms with Gasteiger partial charge in [-0.25, -0.2) is 9.59 Å². The van der Waals surface area contributed by atoms with Crippen LogP contribution in [-0.4, -0.2) is 83.5 Å². The van der Waals surface area contributed by atoms with Gasteiger partial charge >= 0.3 is 12.2 Å². The van der Waals surface area contributed by atoms with E-state index in [2.05, 4.69) is 10.6 Å². The lowest BCUT2D eigenvalue weighted by Gasteiger charge is -2.28. The van der Waals surface area contributed by atoms with Crippen molar-refractivity contribution in [2.45, 2.75) is 57.8 Å². The molecule has 3 amide bonds. The Kier molecular flexibility index (Phi) is 13.4. The molecule has 0 fully saturated rings. The smallest absolute Gasteiger partial charge is 0.425 e. The van der Waals surface area contributed by atoms with Gasteiger partial charge in [0.15, 0.2) is 11.7 Å². The van der Waals surface area contributed by atoms with E-state index < -0.39 is 60.6 Å². The molecule has 1 unspecified atom stereocenters. The largest absolute Gasteiger partial charge is 0.449 e. The third kappa shape index (κ3) is 10.5. The van der Waals surface area contributed by atoms with Crippen LogP contribution >= 0.6 is 0 Å². The van der Waals surface area contributed by atoms with Gasteiger partial charge in [0.1, 0.15) is 18.1 Å². The van der Waals surface area contributed by atoms with Crippen LogP contribution in [0.3, 0.4) is 0 Å². The maximum absolute atomic E-state index is 13.1. The number of benzene rings is 1. The first-order valence-electron chi connectivity index (χ1n) is 11.9. The number of ether oxygens (including phenoxy) is 2. The number of para-hydroxylation sites is 1. The summed E-state index contributed by atoms with van der Waals surface area (Å²) >= 11 is 0. The molecule has 0 spiro atoms. The molecule has 0 aliphatic heterocycles. The highest BCUT2D eigenvalue weighted by atomic mass is 16.6. The highest BCUT2D eigenvalue weighted by Gasteiger charge is 2.39. The first kappa shape index (κ1) is 32.0. The van der Waals surface area contributed by atoms with E-state index in [4.69, 9.17) is 26.4 Å². The summed E-state index contributed by atoms with van der Waals surface area (Å²) in [6.45, 7) is 3.77. The molecular formula is C24H36N6O8. The maximum atomic E-state index is 13.1. The van der Waals surface area contributed by atoms with Crippen LogP contribution in [0.15, 0.2) is 30.3 Å². The van der Waals surface area contributed by atoms with E-state index in [-0.39, 0.29) is 31.1 Å². The molecule has 14 heteroatoms. The SMILES string of the molecule is CC(C)COC(=O)N(C(=O)Oc1ccccc1)[C@@H](CO)C(=O)N[C@@H](C)C(=O)C(CC[C@H](N)C=O)NC(=N)N. The zero-order chi connectivity index (χ0) is 28.8. The lowest BCUT2D eigenvalue weighted by atomic mass is 9.99. The van der Waals surface area contributed by atoms with E-state index >= 15 is 0 Å². The first-order valence-corrected chi connectivity index (χ1v) is 11.9. The van der Waals surface area contributed by atoms with Crippen molar-refractivity contribution in [3.63, 3.8) is 0 Å². The Morgan fingerprint density at radius 2 is 1.71 bits per heavy atom. The molecule has 0 aromatic heterocycles. The van der Waals surface area contributed by atoms with E-state index in [1.807, 2.05) is 0 Å². The van der Waals surface area contributed by atoms with Crippen molar-refractivity contribution < 1.29 is 38.6 Å². The van der Waals surface area contributed by atoms with E-state index in [9.17, 15) is 29.1 Å². The lowest BCUT2D eigenvalue weighted by Crippen LogP contribution is -2.58. The topological polar surface area (TPSA) is 227 Å².